The van der Waals surface area contributed by atoms with Gasteiger partial charge >= 0.3 is 0 Å². The van der Waals surface area contributed by atoms with Crippen LogP contribution >= 0.6 is 0 Å². The van der Waals surface area contributed by atoms with E-state index in [-0.39, 0.29) is 5.91 Å². The van der Waals surface area contributed by atoms with Gasteiger partial charge in [-0.2, -0.15) is 0 Å². The van der Waals surface area contributed by atoms with E-state index in [4.69, 9.17) is 4.74 Å². The van der Waals surface area contributed by atoms with Crippen LogP contribution < -0.4 is 10.2 Å². The number of nitrogens with zero attached hydrogens (tertiary/aromatic N) is 1. The minimum absolute atomic E-state index is 0.00618. The number of aryl methyl sites for hydroxylation is 1. The van der Waals surface area contributed by atoms with Crippen molar-refractivity contribution in [2.24, 2.45) is 0 Å². The van der Waals surface area contributed by atoms with E-state index in [2.05, 4.69) is 11.5 Å². The molecule has 0 aliphatic carbocycles. The summed E-state index contributed by atoms with van der Waals surface area (Å²) in [4.78, 5) is 11.6. The van der Waals surface area contributed by atoms with Crippen LogP contribution in [0.15, 0.2) is 18.2 Å². The van der Waals surface area contributed by atoms with Crippen LogP contribution in [0.25, 0.3) is 0 Å². The second-order valence-corrected chi connectivity index (χ2v) is 4.50. The highest BCUT2D eigenvalue weighted by Crippen LogP contribution is 2.25. The molecule has 0 saturated carbocycles. The topological polar surface area (TPSA) is 41.6 Å². The molecule has 1 N–H and O–H groups in total. The van der Waals surface area contributed by atoms with E-state index >= 15 is 0 Å². The zero-order valence-electron chi connectivity index (χ0n) is 10.3. The van der Waals surface area contributed by atoms with Crippen molar-refractivity contribution in [2.75, 3.05) is 20.7 Å². The number of ether oxygens (including phenoxy) is 1. The van der Waals surface area contributed by atoms with Crippen molar-refractivity contribution in [3.8, 4) is 5.75 Å². The molecule has 0 spiro atoms. The molecule has 1 aromatic rings. The first kappa shape index (κ1) is 11.9. The van der Waals surface area contributed by atoms with E-state index in [1.165, 1.54) is 5.56 Å². The molecule has 4 nitrogen and oxygen atoms in total. The average molecular weight is 234 g/mol. The molecular formula is C13H18N2O2. The molecular weight excluding hydrogens is 216 g/mol. The lowest BCUT2D eigenvalue weighted by Crippen LogP contribution is -2.37. The van der Waals surface area contributed by atoms with E-state index in [0.717, 1.165) is 30.8 Å². The van der Waals surface area contributed by atoms with Crippen molar-refractivity contribution in [2.45, 2.75) is 19.3 Å². The van der Waals surface area contributed by atoms with Gasteiger partial charge in [-0.05, 0) is 30.0 Å². The fourth-order valence-corrected chi connectivity index (χ4v) is 2.00. The minimum Gasteiger partial charge on any atom is -0.493 e. The van der Waals surface area contributed by atoms with Crippen LogP contribution in [0.5, 0.6) is 5.75 Å². The Balaban J connectivity index is 2.04. The molecule has 1 amide bonds. The van der Waals surface area contributed by atoms with Crippen molar-refractivity contribution < 1.29 is 9.53 Å². The zero-order valence-corrected chi connectivity index (χ0v) is 10.3. The lowest BCUT2D eigenvalue weighted by molar-refractivity contribution is -0.124. The molecule has 1 aliphatic heterocycles. The zero-order chi connectivity index (χ0) is 12.3. The van der Waals surface area contributed by atoms with E-state index in [1.807, 2.05) is 12.1 Å². The van der Waals surface area contributed by atoms with Crippen LogP contribution in [0.4, 0.5) is 0 Å². The largest absolute Gasteiger partial charge is 0.493 e. The minimum atomic E-state index is 0.00618. The number of hydrazine groups is 1. The number of nitrogens with one attached hydrogen (secondary N) is 1. The van der Waals surface area contributed by atoms with Gasteiger partial charge in [0.25, 0.3) is 0 Å². The van der Waals surface area contributed by atoms with Crippen molar-refractivity contribution in [3.05, 3.63) is 29.3 Å². The van der Waals surface area contributed by atoms with Crippen LogP contribution in [0, 0.1) is 0 Å². The lowest BCUT2D eigenvalue weighted by Gasteiger charge is -2.18. The first-order valence-electron chi connectivity index (χ1n) is 5.86. The van der Waals surface area contributed by atoms with Crippen molar-refractivity contribution in [1.29, 1.82) is 0 Å². The van der Waals surface area contributed by atoms with Crippen LogP contribution in [0.3, 0.4) is 0 Å². The molecule has 0 unspecified atom stereocenters. The van der Waals surface area contributed by atoms with Gasteiger partial charge in [-0.25, -0.2) is 5.01 Å². The summed E-state index contributed by atoms with van der Waals surface area (Å²) in [5, 5.41) is 1.66. The van der Waals surface area contributed by atoms with Gasteiger partial charge in [0.2, 0.25) is 5.91 Å². The SMILES string of the molecule is CN(C)NC(=O)Cc1ccc2c(c1)CCCO2. The third-order valence-corrected chi connectivity index (χ3v) is 2.69. The maximum absolute atomic E-state index is 11.6. The van der Waals surface area contributed by atoms with Gasteiger partial charge < -0.3 is 4.74 Å². The summed E-state index contributed by atoms with van der Waals surface area (Å²) in [7, 11) is 3.61. The van der Waals surface area contributed by atoms with Crippen molar-refractivity contribution in [3.63, 3.8) is 0 Å². The molecule has 0 bridgehead atoms. The lowest BCUT2D eigenvalue weighted by atomic mass is 10.0. The Bertz CT molecular complexity index is 416. The normalized spacial score (nSPS) is 14.1. The molecule has 17 heavy (non-hydrogen) atoms. The molecule has 0 radical (unpaired) electrons. The number of benzene rings is 1. The summed E-state index contributed by atoms with van der Waals surface area (Å²) >= 11 is 0. The number of carbonyl (C=O) groups excluding carboxylic acids is 1. The maximum Gasteiger partial charge on any atom is 0.238 e. The smallest absolute Gasteiger partial charge is 0.238 e. The number of fused-ring (bicyclic) bond motifs is 1. The number of amides is 1. The quantitative estimate of drug-likeness (QED) is 0.798. The van der Waals surface area contributed by atoms with Gasteiger partial charge in [0.05, 0.1) is 13.0 Å². The van der Waals surface area contributed by atoms with Gasteiger partial charge in [-0.3, -0.25) is 10.2 Å². The second kappa shape index (κ2) is 5.19. The van der Waals surface area contributed by atoms with Gasteiger partial charge in [-0.1, -0.05) is 12.1 Å². The molecule has 1 aromatic carbocycles. The van der Waals surface area contributed by atoms with E-state index < -0.39 is 0 Å². The van der Waals surface area contributed by atoms with Gasteiger partial charge in [-0.15, -0.1) is 0 Å². The third-order valence-electron chi connectivity index (χ3n) is 2.69. The predicted octanol–water partition coefficient (Wildman–Crippen LogP) is 1.15. The highest BCUT2D eigenvalue weighted by Gasteiger charge is 2.12. The summed E-state index contributed by atoms with van der Waals surface area (Å²) in [6.07, 6.45) is 2.50. The van der Waals surface area contributed by atoms with Crippen LogP contribution in [0.2, 0.25) is 0 Å². The first-order valence-corrected chi connectivity index (χ1v) is 5.86. The number of rotatable bonds is 3. The summed E-state index contributed by atoms with van der Waals surface area (Å²) in [5.74, 6) is 0.972. The Labute approximate surface area is 102 Å². The fourth-order valence-electron chi connectivity index (χ4n) is 2.00. The van der Waals surface area contributed by atoms with Crippen molar-refractivity contribution >= 4 is 5.91 Å². The molecule has 0 fully saturated rings. The molecule has 2 rings (SSSR count). The maximum atomic E-state index is 11.6. The first-order chi connectivity index (χ1) is 8.15. The van der Waals surface area contributed by atoms with Crippen LogP contribution in [0.1, 0.15) is 17.5 Å². The average Bonchev–Trinajstić information content (AvgIpc) is 2.27. The third kappa shape index (κ3) is 3.20. The predicted molar refractivity (Wildman–Crippen MR) is 65.8 cm³/mol. The van der Waals surface area contributed by atoms with E-state index in [9.17, 15) is 4.79 Å². The van der Waals surface area contributed by atoms with Gasteiger partial charge in [0.15, 0.2) is 0 Å². The molecule has 0 aromatic heterocycles. The monoisotopic (exact) mass is 234 g/mol. The Morgan fingerprint density at radius 3 is 3.06 bits per heavy atom. The Hall–Kier alpha value is -1.55. The Morgan fingerprint density at radius 1 is 1.47 bits per heavy atom. The summed E-state index contributed by atoms with van der Waals surface area (Å²) in [6, 6.07) is 6.00. The summed E-state index contributed by atoms with van der Waals surface area (Å²) in [5.41, 5.74) is 4.98. The van der Waals surface area contributed by atoms with E-state index in [1.54, 1.807) is 19.1 Å². The number of hydrogen-bond donors (Lipinski definition) is 1. The Morgan fingerprint density at radius 2 is 2.29 bits per heavy atom. The fraction of sp³-hybridized carbons (Fsp3) is 0.462. The molecule has 0 saturated heterocycles. The highest BCUT2D eigenvalue weighted by atomic mass is 16.5. The summed E-state index contributed by atoms with van der Waals surface area (Å²) in [6.45, 7) is 0.799. The van der Waals surface area contributed by atoms with Crippen LogP contribution in [-0.2, 0) is 17.6 Å². The number of hydrogen-bond acceptors (Lipinski definition) is 3. The number of carbonyl (C=O) groups is 1. The van der Waals surface area contributed by atoms with Crippen molar-refractivity contribution in [1.82, 2.24) is 10.4 Å². The van der Waals surface area contributed by atoms with Crippen LogP contribution in [-0.4, -0.2) is 31.6 Å². The summed E-state index contributed by atoms with van der Waals surface area (Å²) < 4.78 is 5.54. The van der Waals surface area contributed by atoms with E-state index in [0.29, 0.717) is 6.42 Å². The molecule has 92 valence electrons. The molecule has 4 heteroatoms. The standard InChI is InChI=1S/C13H18N2O2/c1-15(2)14-13(16)9-10-5-6-12-11(8-10)4-3-7-17-12/h5-6,8H,3-4,7,9H2,1-2H3,(H,14,16). The van der Waals surface area contributed by atoms with Gasteiger partial charge in [0.1, 0.15) is 5.75 Å². The van der Waals surface area contributed by atoms with Gasteiger partial charge in [0, 0.05) is 14.1 Å². The molecule has 0 atom stereocenters. The highest BCUT2D eigenvalue weighted by molar-refractivity contribution is 5.78. The molecule has 1 heterocycles. The second-order valence-electron chi connectivity index (χ2n) is 4.50. The molecule has 1 aliphatic rings. The Kier molecular flexibility index (Phi) is 3.64.